The molecule has 0 bridgehead atoms. The van der Waals surface area contributed by atoms with Crippen molar-refractivity contribution in [2.45, 2.75) is 32.5 Å². The number of aromatic nitrogens is 1. The Hall–Kier alpha value is -1.51. The van der Waals surface area contributed by atoms with Crippen LogP contribution >= 0.6 is 11.3 Å². The zero-order chi connectivity index (χ0) is 15.1. The smallest absolute Gasteiger partial charge is 0.357 e. The molecule has 0 aliphatic heterocycles. The van der Waals surface area contributed by atoms with Gasteiger partial charge in [0.1, 0.15) is 11.1 Å². The Balaban J connectivity index is 2.65. The molecule has 8 heteroatoms. The van der Waals surface area contributed by atoms with E-state index < -0.39 is 24.1 Å². The molecule has 1 aromatic rings. The minimum Gasteiger partial charge on any atom is -0.466 e. The van der Waals surface area contributed by atoms with Gasteiger partial charge in [-0.3, -0.25) is 4.79 Å². The molecule has 7 nitrogen and oxygen atoms in total. The van der Waals surface area contributed by atoms with Crippen LogP contribution in [-0.2, 0) is 14.3 Å². The first kappa shape index (κ1) is 16.5. The lowest BCUT2D eigenvalue weighted by Gasteiger charge is -2.14. The van der Waals surface area contributed by atoms with Crippen LogP contribution in [0.5, 0.6) is 0 Å². The SMILES string of the molecule is CCOC(=O)CC(O)C(O)c1nc(C(=O)OCC)cs1. The molecule has 1 heterocycles. The molecular weight excluding hydrogens is 286 g/mol. The van der Waals surface area contributed by atoms with Crippen molar-refractivity contribution in [3.05, 3.63) is 16.1 Å². The molecule has 2 unspecified atom stereocenters. The molecule has 0 aliphatic carbocycles. The Morgan fingerprint density at radius 3 is 2.55 bits per heavy atom. The molecular formula is C12H17NO6S. The maximum atomic E-state index is 11.4. The Morgan fingerprint density at radius 2 is 1.95 bits per heavy atom. The van der Waals surface area contributed by atoms with Crippen LogP contribution in [-0.4, -0.2) is 46.5 Å². The van der Waals surface area contributed by atoms with Crippen molar-refractivity contribution in [3.8, 4) is 0 Å². The zero-order valence-electron chi connectivity index (χ0n) is 11.2. The second-order valence-corrected chi connectivity index (χ2v) is 4.70. The number of esters is 2. The molecule has 0 fully saturated rings. The molecule has 0 aliphatic rings. The molecule has 2 atom stereocenters. The summed E-state index contributed by atoms with van der Waals surface area (Å²) in [5.74, 6) is -1.21. The fourth-order valence-electron chi connectivity index (χ4n) is 1.39. The minimum atomic E-state index is -1.35. The molecule has 2 N–H and O–H groups in total. The standard InChI is InChI=1S/C12H17NO6S/c1-3-18-9(15)5-8(14)10(16)11-13-7(6-20-11)12(17)19-4-2/h6,8,10,14,16H,3-5H2,1-2H3. The number of rotatable bonds is 7. The van der Waals surface area contributed by atoms with Crippen LogP contribution in [0.4, 0.5) is 0 Å². The average Bonchev–Trinajstić information content (AvgIpc) is 2.87. The first-order valence-electron chi connectivity index (χ1n) is 6.13. The maximum Gasteiger partial charge on any atom is 0.357 e. The summed E-state index contributed by atoms with van der Waals surface area (Å²) in [4.78, 5) is 26.5. The number of hydrogen-bond acceptors (Lipinski definition) is 8. The van der Waals surface area contributed by atoms with Crippen LogP contribution in [0.15, 0.2) is 5.38 Å². The van der Waals surface area contributed by atoms with Gasteiger partial charge in [0.05, 0.1) is 25.7 Å². The van der Waals surface area contributed by atoms with Gasteiger partial charge in [-0.05, 0) is 13.8 Å². The van der Waals surface area contributed by atoms with Gasteiger partial charge in [-0.1, -0.05) is 0 Å². The van der Waals surface area contributed by atoms with E-state index in [4.69, 9.17) is 4.74 Å². The number of aliphatic hydroxyl groups excluding tert-OH is 2. The molecule has 1 rings (SSSR count). The van der Waals surface area contributed by atoms with E-state index in [2.05, 4.69) is 9.72 Å². The predicted molar refractivity (Wildman–Crippen MR) is 70.3 cm³/mol. The summed E-state index contributed by atoms with van der Waals surface area (Å²) in [5, 5.41) is 21.2. The molecule has 0 aromatic carbocycles. The van der Waals surface area contributed by atoms with Crippen LogP contribution in [0.25, 0.3) is 0 Å². The lowest BCUT2D eigenvalue weighted by atomic mass is 10.1. The lowest BCUT2D eigenvalue weighted by molar-refractivity contribution is -0.147. The molecule has 112 valence electrons. The van der Waals surface area contributed by atoms with Gasteiger partial charge in [0.25, 0.3) is 0 Å². The van der Waals surface area contributed by atoms with Crippen molar-refractivity contribution in [1.82, 2.24) is 4.98 Å². The summed E-state index contributed by atoms with van der Waals surface area (Å²) in [6.45, 7) is 3.74. The molecule has 20 heavy (non-hydrogen) atoms. The van der Waals surface area contributed by atoms with Crippen molar-refractivity contribution in [2.24, 2.45) is 0 Å². The second kappa shape index (κ2) is 7.93. The highest BCUT2D eigenvalue weighted by Crippen LogP contribution is 2.23. The first-order chi connectivity index (χ1) is 9.49. The summed E-state index contributed by atoms with van der Waals surface area (Å²) in [6.07, 6.45) is -3.04. The van der Waals surface area contributed by atoms with Crippen molar-refractivity contribution in [1.29, 1.82) is 0 Å². The number of thiazole rings is 1. The van der Waals surface area contributed by atoms with Gasteiger partial charge in [0.15, 0.2) is 5.69 Å². The van der Waals surface area contributed by atoms with E-state index in [0.717, 1.165) is 11.3 Å². The predicted octanol–water partition coefficient (Wildman–Crippen LogP) is 0.667. The fraction of sp³-hybridized carbons (Fsp3) is 0.583. The number of hydrogen-bond donors (Lipinski definition) is 2. The third kappa shape index (κ3) is 4.55. The first-order valence-corrected chi connectivity index (χ1v) is 7.01. The third-order valence-electron chi connectivity index (χ3n) is 2.31. The van der Waals surface area contributed by atoms with Gasteiger partial charge in [0, 0.05) is 5.38 Å². The average molecular weight is 303 g/mol. The van der Waals surface area contributed by atoms with Crippen molar-refractivity contribution >= 4 is 23.3 Å². The largest absolute Gasteiger partial charge is 0.466 e. The van der Waals surface area contributed by atoms with Crippen LogP contribution < -0.4 is 0 Å². The molecule has 0 saturated carbocycles. The van der Waals surface area contributed by atoms with E-state index >= 15 is 0 Å². The molecule has 0 saturated heterocycles. The molecule has 0 radical (unpaired) electrons. The van der Waals surface area contributed by atoms with E-state index in [-0.39, 0.29) is 30.3 Å². The number of aliphatic hydroxyl groups is 2. The number of carbonyl (C=O) groups is 2. The van der Waals surface area contributed by atoms with E-state index in [0.29, 0.717) is 0 Å². The quantitative estimate of drug-likeness (QED) is 0.713. The van der Waals surface area contributed by atoms with Crippen molar-refractivity contribution in [3.63, 3.8) is 0 Å². The summed E-state index contributed by atoms with van der Waals surface area (Å²) < 4.78 is 9.44. The second-order valence-electron chi connectivity index (χ2n) is 3.81. The maximum absolute atomic E-state index is 11.4. The minimum absolute atomic E-state index is 0.0641. The summed E-state index contributed by atoms with van der Waals surface area (Å²) in [5.41, 5.74) is 0.0641. The third-order valence-corrected chi connectivity index (χ3v) is 3.22. The molecule has 1 aromatic heterocycles. The summed E-state index contributed by atoms with van der Waals surface area (Å²) >= 11 is 1.01. The summed E-state index contributed by atoms with van der Waals surface area (Å²) in [7, 11) is 0. The van der Waals surface area contributed by atoms with Crippen LogP contribution in [0.2, 0.25) is 0 Å². The van der Waals surface area contributed by atoms with E-state index in [9.17, 15) is 19.8 Å². The van der Waals surface area contributed by atoms with Gasteiger partial charge < -0.3 is 19.7 Å². The van der Waals surface area contributed by atoms with Crippen LogP contribution in [0, 0.1) is 0 Å². The Bertz CT molecular complexity index is 461. The zero-order valence-corrected chi connectivity index (χ0v) is 12.1. The number of nitrogens with zero attached hydrogens (tertiary/aromatic N) is 1. The van der Waals surface area contributed by atoms with Gasteiger partial charge in [0.2, 0.25) is 0 Å². The summed E-state index contributed by atoms with van der Waals surface area (Å²) in [6, 6.07) is 0. The van der Waals surface area contributed by atoms with E-state index in [1.54, 1.807) is 13.8 Å². The van der Waals surface area contributed by atoms with E-state index in [1.807, 2.05) is 0 Å². The van der Waals surface area contributed by atoms with Gasteiger partial charge in [-0.15, -0.1) is 11.3 Å². The Kier molecular flexibility index (Phi) is 6.56. The highest BCUT2D eigenvalue weighted by molar-refractivity contribution is 7.09. The fourth-order valence-corrected chi connectivity index (χ4v) is 2.22. The Labute approximate surface area is 120 Å². The van der Waals surface area contributed by atoms with Crippen LogP contribution in [0.3, 0.4) is 0 Å². The van der Waals surface area contributed by atoms with Gasteiger partial charge in [-0.25, -0.2) is 9.78 Å². The number of ether oxygens (including phenoxy) is 2. The molecule has 0 amide bonds. The normalized spacial score (nSPS) is 13.6. The van der Waals surface area contributed by atoms with Crippen LogP contribution in [0.1, 0.15) is 41.9 Å². The highest BCUT2D eigenvalue weighted by atomic mass is 32.1. The van der Waals surface area contributed by atoms with E-state index in [1.165, 1.54) is 5.38 Å². The highest BCUT2D eigenvalue weighted by Gasteiger charge is 2.25. The Morgan fingerprint density at radius 1 is 1.30 bits per heavy atom. The molecule has 0 spiro atoms. The lowest BCUT2D eigenvalue weighted by Crippen LogP contribution is -2.23. The monoisotopic (exact) mass is 303 g/mol. The van der Waals surface area contributed by atoms with Crippen molar-refractivity contribution < 1.29 is 29.3 Å². The number of carbonyl (C=O) groups excluding carboxylic acids is 2. The van der Waals surface area contributed by atoms with Gasteiger partial charge >= 0.3 is 11.9 Å². The topological polar surface area (TPSA) is 106 Å². The van der Waals surface area contributed by atoms with Crippen molar-refractivity contribution in [2.75, 3.05) is 13.2 Å². The van der Waals surface area contributed by atoms with Gasteiger partial charge in [-0.2, -0.15) is 0 Å².